The molecule has 6 heteroatoms. The van der Waals surface area contributed by atoms with Crippen molar-refractivity contribution in [3.05, 3.63) is 12.1 Å². The van der Waals surface area contributed by atoms with Gasteiger partial charge in [0.1, 0.15) is 0 Å². The highest BCUT2D eigenvalue weighted by Gasteiger charge is 2.14. The SMILES string of the molecule is COc1cc(N)cc(OC)c1OCC(=O)O. The van der Waals surface area contributed by atoms with Gasteiger partial charge >= 0.3 is 5.97 Å². The molecule has 0 atom stereocenters. The van der Waals surface area contributed by atoms with Crippen molar-refractivity contribution in [2.75, 3.05) is 26.6 Å². The molecule has 16 heavy (non-hydrogen) atoms. The monoisotopic (exact) mass is 227 g/mol. The molecule has 88 valence electrons. The summed E-state index contributed by atoms with van der Waals surface area (Å²) in [5, 5.41) is 8.53. The van der Waals surface area contributed by atoms with Gasteiger partial charge in [0, 0.05) is 17.8 Å². The molecule has 0 aliphatic carbocycles. The van der Waals surface area contributed by atoms with Gasteiger partial charge in [0.25, 0.3) is 0 Å². The van der Waals surface area contributed by atoms with Gasteiger partial charge in [-0.2, -0.15) is 0 Å². The largest absolute Gasteiger partial charge is 0.493 e. The maximum Gasteiger partial charge on any atom is 0.341 e. The number of hydrogen-bond acceptors (Lipinski definition) is 5. The van der Waals surface area contributed by atoms with Crippen LogP contribution in [0.25, 0.3) is 0 Å². The molecule has 0 spiro atoms. The summed E-state index contributed by atoms with van der Waals surface area (Å²) in [6, 6.07) is 3.05. The lowest BCUT2D eigenvalue weighted by Crippen LogP contribution is -2.11. The van der Waals surface area contributed by atoms with E-state index >= 15 is 0 Å². The zero-order chi connectivity index (χ0) is 12.1. The lowest BCUT2D eigenvalue weighted by atomic mass is 10.2. The van der Waals surface area contributed by atoms with Crippen molar-refractivity contribution in [3.8, 4) is 17.2 Å². The fourth-order valence-corrected chi connectivity index (χ4v) is 1.18. The zero-order valence-electron chi connectivity index (χ0n) is 9.02. The molecule has 0 aliphatic heterocycles. The summed E-state index contributed by atoms with van der Waals surface area (Å²) in [4.78, 5) is 10.4. The average molecular weight is 227 g/mol. The third-order valence-corrected chi connectivity index (χ3v) is 1.82. The van der Waals surface area contributed by atoms with E-state index in [1.165, 1.54) is 26.4 Å². The van der Waals surface area contributed by atoms with Crippen molar-refractivity contribution >= 4 is 11.7 Å². The number of aliphatic carboxylic acids is 1. The molecule has 0 heterocycles. The summed E-state index contributed by atoms with van der Waals surface area (Å²) in [5.41, 5.74) is 6.04. The normalized spacial score (nSPS) is 9.62. The molecule has 1 aromatic carbocycles. The molecule has 0 aromatic heterocycles. The highest BCUT2D eigenvalue weighted by molar-refractivity contribution is 5.69. The predicted octanol–water partition coefficient (Wildman–Crippen LogP) is 0.749. The van der Waals surface area contributed by atoms with E-state index in [0.717, 1.165) is 0 Å². The van der Waals surface area contributed by atoms with Crippen LogP contribution in [0.3, 0.4) is 0 Å². The summed E-state index contributed by atoms with van der Waals surface area (Å²) in [6.07, 6.45) is 0. The summed E-state index contributed by atoms with van der Waals surface area (Å²) < 4.78 is 15.1. The number of hydrogen-bond donors (Lipinski definition) is 2. The molecule has 3 N–H and O–H groups in total. The number of carboxylic acid groups (broad SMARTS) is 1. The van der Waals surface area contributed by atoms with Crippen molar-refractivity contribution in [2.45, 2.75) is 0 Å². The second kappa shape index (κ2) is 5.11. The van der Waals surface area contributed by atoms with Gasteiger partial charge in [-0.05, 0) is 0 Å². The Morgan fingerprint density at radius 3 is 2.19 bits per heavy atom. The first-order chi connectivity index (χ1) is 7.58. The smallest absolute Gasteiger partial charge is 0.341 e. The number of anilines is 1. The Kier molecular flexibility index (Phi) is 3.82. The Labute approximate surface area is 92.5 Å². The molecule has 0 unspecified atom stereocenters. The van der Waals surface area contributed by atoms with Crippen LogP contribution in [-0.4, -0.2) is 31.9 Å². The van der Waals surface area contributed by atoms with Crippen LogP contribution in [0.1, 0.15) is 0 Å². The average Bonchev–Trinajstić information content (AvgIpc) is 2.25. The summed E-state index contributed by atoms with van der Waals surface area (Å²) in [5.74, 6) is -0.196. The Hall–Kier alpha value is -2.11. The number of nitrogen functional groups attached to an aromatic ring is 1. The fraction of sp³-hybridized carbons (Fsp3) is 0.300. The lowest BCUT2D eigenvalue weighted by Gasteiger charge is -2.13. The van der Waals surface area contributed by atoms with Gasteiger partial charge < -0.3 is 25.1 Å². The molecule has 0 fully saturated rings. The number of methoxy groups -OCH3 is 2. The van der Waals surface area contributed by atoms with Gasteiger partial charge in [0.05, 0.1) is 14.2 Å². The van der Waals surface area contributed by atoms with Gasteiger partial charge in [-0.15, -0.1) is 0 Å². The van der Waals surface area contributed by atoms with Crippen LogP contribution >= 0.6 is 0 Å². The Morgan fingerprint density at radius 2 is 1.81 bits per heavy atom. The molecule has 1 rings (SSSR count). The van der Waals surface area contributed by atoms with Gasteiger partial charge in [0.15, 0.2) is 18.1 Å². The summed E-state index contributed by atoms with van der Waals surface area (Å²) in [6.45, 7) is -0.476. The van der Waals surface area contributed by atoms with Crippen LogP contribution in [0.4, 0.5) is 5.69 Å². The Bertz CT molecular complexity index is 366. The van der Waals surface area contributed by atoms with Crippen molar-refractivity contribution < 1.29 is 24.1 Å². The molecule has 0 bridgehead atoms. The quantitative estimate of drug-likeness (QED) is 0.721. The number of ether oxygens (including phenoxy) is 3. The predicted molar refractivity (Wildman–Crippen MR) is 57.1 cm³/mol. The highest BCUT2D eigenvalue weighted by Crippen LogP contribution is 2.39. The second-order valence-corrected chi connectivity index (χ2v) is 2.94. The van der Waals surface area contributed by atoms with Crippen LogP contribution in [-0.2, 0) is 4.79 Å². The van der Waals surface area contributed by atoms with E-state index in [1.807, 2.05) is 0 Å². The molecular weight excluding hydrogens is 214 g/mol. The zero-order valence-corrected chi connectivity index (χ0v) is 9.02. The van der Waals surface area contributed by atoms with E-state index in [2.05, 4.69) is 0 Å². The maximum atomic E-state index is 10.4. The Balaban J connectivity index is 3.06. The van der Waals surface area contributed by atoms with Crippen molar-refractivity contribution in [1.82, 2.24) is 0 Å². The van der Waals surface area contributed by atoms with Crippen LogP contribution in [0.15, 0.2) is 12.1 Å². The van der Waals surface area contributed by atoms with E-state index in [4.69, 9.17) is 25.1 Å². The topological polar surface area (TPSA) is 91.0 Å². The first kappa shape index (κ1) is 12.0. The third-order valence-electron chi connectivity index (χ3n) is 1.82. The number of carboxylic acids is 1. The number of rotatable bonds is 5. The van der Waals surface area contributed by atoms with E-state index in [0.29, 0.717) is 17.2 Å². The number of carbonyl (C=O) groups is 1. The van der Waals surface area contributed by atoms with Gasteiger partial charge in [-0.3, -0.25) is 0 Å². The summed E-state index contributed by atoms with van der Waals surface area (Å²) >= 11 is 0. The van der Waals surface area contributed by atoms with Crippen molar-refractivity contribution in [1.29, 1.82) is 0 Å². The van der Waals surface area contributed by atoms with Crippen LogP contribution in [0.5, 0.6) is 17.2 Å². The number of nitrogens with two attached hydrogens (primary N) is 1. The minimum atomic E-state index is -1.08. The van der Waals surface area contributed by atoms with E-state index < -0.39 is 12.6 Å². The van der Waals surface area contributed by atoms with Gasteiger partial charge in [0.2, 0.25) is 5.75 Å². The van der Waals surface area contributed by atoms with Gasteiger partial charge in [-0.1, -0.05) is 0 Å². The van der Waals surface area contributed by atoms with Crippen LogP contribution in [0.2, 0.25) is 0 Å². The maximum absolute atomic E-state index is 10.4. The molecule has 0 saturated carbocycles. The lowest BCUT2D eigenvalue weighted by molar-refractivity contribution is -0.139. The minimum Gasteiger partial charge on any atom is -0.493 e. The number of benzene rings is 1. The molecule has 0 amide bonds. The molecule has 1 aromatic rings. The standard InChI is InChI=1S/C10H13NO5/c1-14-7-3-6(11)4-8(15-2)10(7)16-5-9(12)13/h3-4H,5,11H2,1-2H3,(H,12,13). The molecular formula is C10H13NO5. The van der Waals surface area contributed by atoms with Crippen LogP contribution in [0, 0.1) is 0 Å². The van der Waals surface area contributed by atoms with E-state index in [9.17, 15) is 4.79 Å². The van der Waals surface area contributed by atoms with Crippen molar-refractivity contribution in [2.24, 2.45) is 0 Å². The Morgan fingerprint density at radius 1 is 1.31 bits per heavy atom. The molecule has 6 nitrogen and oxygen atoms in total. The first-order valence-electron chi connectivity index (χ1n) is 4.44. The summed E-state index contributed by atoms with van der Waals surface area (Å²) in [7, 11) is 2.86. The van der Waals surface area contributed by atoms with E-state index in [-0.39, 0.29) is 5.75 Å². The third kappa shape index (κ3) is 2.69. The minimum absolute atomic E-state index is 0.224. The molecule has 0 radical (unpaired) electrons. The first-order valence-corrected chi connectivity index (χ1v) is 4.44. The highest BCUT2D eigenvalue weighted by atomic mass is 16.5. The molecule has 0 aliphatic rings. The van der Waals surface area contributed by atoms with Crippen LogP contribution < -0.4 is 19.9 Å². The molecule has 0 saturated heterocycles. The fourth-order valence-electron chi connectivity index (χ4n) is 1.18. The van der Waals surface area contributed by atoms with E-state index in [1.54, 1.807) is 0 Å². The van der Waals surface area contributed by atoms with Crippen molar-refractivity contribution in [3.63, 3.8) is 0 Å². The van der Waals surface area contributed by atoms with Gasteiger partial charge in [-0.25, -0.2) is 4.79 Å². The second-order valence-electron chi connectivity index (χ2n) is 2.94.